The molecule has 1 saturated heterocycles. The molecule has 2 aromatic rings. The number of alkyl carbamates (subject to hydrolysis) is 1. The zero-order valence-corrected chi connectivity index (χ0v) is 17.9. The number of fused-ring (bicyclic) bond motifs is 3. The maximum Gasteiger partial charge on any atom is 0.407 e. The number of ether oxygens (including phenoxy) is 2. The Bertz CT molecular complexity index is 1070. The Morgan fingerprint density at radius 1 is 1.03 bits per heavy atom. The number of rotatable bonds is 6. The Morgan fingerprint density at radius 2 is 1.70 bits per heavy atom. The van der Waals surface area contributed by atoms with Crippen LogP contribution >= 0.6 is 0 Å². The lowest BCUT2D eigenvalue weighted by atomic mass is 9.98. The van der Waals surface area contributed by atoms with Crippen molar-refractivity contribution in [3.05, 3.63) is 59.7 Å². The van der Waals surface area contributed by atoms with Crippen LogP contribution in [0.5, 0.6) is 0 Å². The molecule has 3 N–H and O–H groups in total. The molecule has 1 fully saturated rings. The predicted molar refractivity (Wildman–Crippen MR) is 119 cm³/mol. The van der Waals surface area contributed by atoms with E-state index in [2.05, 4.69) is 40.8 Å². The van der Waals surface area contributed by atoms with Gasteiger partial charge in [-0.25, -0.2) is 9.59 Å². The van der Waals surface area contributed by atoms with E-state index < -0.39 is 18.2 Å². The molecule has 1 heterocycles. The molecule has 2 amide bonds. The van der Waals surface area contributed by atoms with E-state index in [-0.39, 0.29) is 37.4 Å². The summed E-state index contributed by atoms with van der Waals surface area (Å²) in [6.45, 7) is 0.760. The highest BCUT2D eigenvalue weighted by Crippen LogP contribution is 2.44. The number of nitrogens with one attached hydrogen (secondary N) is 2. The van der Waals surface area contributed by atoms with E-state index in [1.54, 1.807) is 0 Å². The van der Waals surface area contributed by atoms with E-state index in [1.165, 1.54) is 0 Å². The number of carboxylic acids is 1. The molecule has 170 valence electrons. The predicted octanol–water partition coefficient (Wildman–Crippen LogP) is 2.13. The van der Waals surface area contributed by atoms with Gasteiger partial charge in [0.15, 0.2) is 0 Å². The summed E-state index contributed by atoms with van der Waals surface area (Å²) in [4.78, 5) is 35.1. The van der Waals surface area contributed by atoms with Crippen LogP contribution in [-0.4, -0.2) is 55.5 Å². The van der Waals surface area contributed by atoms with Gasteiger partial charge in [0.25, 0.3) is 0 Å². The van der Waals surface area contributed by atoms with Gasteiger partial charge >= 0.3 is 12.1 Å². The summed E-state index contributed by atoms with van der Waals surface area (Å²) >= 11 is 0. The van der Waals surface area contributed by atoms with Gasteiger partial charge in [-0.3, -0.25) is 4.79 Å². The van der Waals surface area contributed by atoms with Crippen LogP contribution < -0.4 is 10.6 Å². The summed E-state index contributed by atoms with van der Waals surface area (Å²) in [5.41, 5.74) is 4.59. The van der Waals surface area contributed by atoms with E-state index in [9.17, 15) is 14.4 Å². The summed E-state index contributed by atoms with van der Waals surface area (Å²) in [7, 11) is 0. The maximum atomic E-state index is 12.4. The van der Waals surface area contributed by atoms with Crippen LogP contribution in [0.2, 0.25) is 0 Å². The highest BCUT2D eigenvalue weighted by molar-refractivity contribution is 5.87. The minimum absolute atomic E-state index is 0.0246. The van der Waals surface area contributed by atoms with E-state index in [0.717, 1.165) is 22.3 Å². The van der Waals surface area contributed by atoms with Crippen molar-refractivity contribution < 1.29 is 29.0 Å². The number of hydrogen-bond donors (Lipinski definition) is 3. The smallest absolute Gasteiger partial charge is 0.407 e. The van der Waals surface area contributed by atoms with Crippen molar-refractivity contribution in [3.8, 4) is 23.0 Å². The molecule has 8 nitrogen and oxygen atoms in total. The van der Waals surface area contributed by atoms with Gasteiger partial charge in [-0.15, -0.1) is 0 Å². The van der Waals surface area contributed by atoms with Crippen molar-refractivity contribution >= 4 is 18.0 Å². The fraction of sp³-hybridized carbons (Fsp3) is 0.320. The van der Waals surface area contributed by atoms with Gasteiger partial charge in [0, 0.05) is 30.9 Å². The fourth-order valence-electron chi connectivity index (χ4n) is 4.35. The molecule has 2 atom stereocenters. The standard InChI is InChI=1S/C25H24N2O6/c28-22(29)10-5-12-26-24(30)23-16(11-13-32-23)14-27-25(31)33-15-21-19-8-3-1-6-17(19)18-7-2-4-9-20(18)21/h1-4,6-9,16,21,23H,11-15H2,(H,26,30)(H,27,31)(H,28,29)/t16-,23-/m0/s1. The molecule has 0 radical (unpaired) electrons. The number of benzene rings is 2. The number of aliphatic carboxylic acids is 1. The van der Waals surface area contributed by atoms with E-state index >= 15 is 0 Å². The van der Waals surface area contributed by atoms with Crippen LogP contribution in [-0.2, 0) is 19.1 Å². The van der Waals surface area contributed by atoms with Gasteiger partial charge in [0.1, 0.15) is 12.7 Å². The highest BCUT2D eigenvalue weighted by Gasteiger charge is 2.34. The van der Waals surface area contributed by atoms with Gasteiger partial charge in [-0.1, -0.05) is 54.5 Å². The molecule has 1 aliphatic carbocycles. The lowest BCUT2D eigenvalue weighted by molar-refractivity contribution is -0.132. The summed E-state index contributed by atoms with van der Waals surface area (Å²) in [6.07, 6.45) is -0.663. The van der Waals surface area contributed by atoms with E-state index in [1.807, 2.05) is 30.2 Å². The van der Waals surface area contributed by atoms with E-state index in [0.29, 0.717) is 13.0 Å². The van der Waals surface area contributed by atoms with Crippen LogP contribution in [0.3, 0.4) is 0 Å². The monoisotopic (exact) mass is 448 g/mol. The Hall–Kier alpha value is -3.83. The Kier molecular flexibility index (Phi) is 6.91. The number of carbonyl (C=O) groups excluding carboxylic acids is 2. The number of hydrogen-bond acceptors (Lipinski definition) is 5. The van der Waals surface area contributed by atoms with Crippen LogP contribution in [0.25, 0.3) is 11.1 Å². The quantitative estimate of drug-likeness (QED) is 0.584. The zero-order chi connectivity index (χ0) is 23.2. The lowest BCUT2D eigenvalue weighted by Crippen LogP contribution is -2.42. The first kappa shape index (κ1) is 22.4. The Morgan fingerprint density at radius 3 is 2.36 bits per heavy atom. The molecule has 0 saturated carbocycles. The molecule has 2 aromatic carbocycles. The van der Waals surface area contributed by atoms with Crippen LogP contribution in [0.1, 0.15) is 23.5 Å². The molecule has 0 spiro atoms. The minimum Gasteiger partial charge on any atom is -0.472 e. The SMILES string of the molecule is O=C(O)C#CCNC(=O)[C@H]1OCC[C@H]1CNC(=O)OCC1c2ccccc2-c2ccccc21. The molecular formula is C25H24N2O6. The third kappa shape index (κ3) is 5.16. The molecule has 33 heavy (non-hydrogen) atoms. The van der Waals surface area contributed by atoms with Crippen LogP contribution in [0, 0.1) is 17.8 Å². The van der Waals surface area contributed by atoms with E-state index in [4.69, 9.17) is 14.6 Å². The normalized spacial score (nSPS) is 18.4. The van der Waals surface area contributed by atoms with Crippen LogP contribution in [0.15, 0.2) is 48.5 Å². The van der Waals surface area contributed by atoms with Crippen molar-refractivity contribution in [2.24, 2.45) is 5.92 Å². The Balaban J connectivity index is 1.28. The van der Waals surface area contributed by atoms with Crippen molar-refractivity contribution in [2.45, 2.75) is 18.4 Å². The third-order valence-corrected chi connectivity index (χ3v) is 5.87. The van der Waals surface area contributed by atoms with Gasteiger partial charge in [0.2, 0.25) is 5.91 Å². The molecule has 0 bridgehead atoms. The number of carboxylic acid groups (broad SMARTS) is 1. The van der Waals surface area contributed by atoms with Crippen molar-refractivity contribution in [1.82, 2.24) is 10.6 Å². The van der Waals surface area contributed by atoms with Crippen molar-refractivity contribution in [1.29, 1.82) is 0 Å². The molecule has 8 heteroatoms. The number of amides is 2. The molecule has 0 aromatic heterocycles. The summed E-state index contributed by atoms with van der Waals surface area (Å²) in [5, 5.41) is 13.8. The average Bonchev–Trinajstić information content (AvgIpc) is 3.42. The fourth-order valence-corrected chi connectivity index (χ4v) is 4.35. The zero-order valence-electron chi connectivity index (χ0n) is 17.9. The summed E-state index contributed by atoms with van der Waals surface area (Å²) in [6, 6.07) is 16.2. The molecule has 0 unspecified atom stereocenters. The summed E-state index contributed by atoms with van der Waals surface area (Å²) in [5.74, 6) is 2.39. The molecule has 1 aliphatic heterocycles. The van der Waals surface area contributed by atoms with Gasteiger partial charge in [-0.2, -0.15) is 0 Å². The first-order chi connectivity index (χ1) is 16.0. The van der Waals surface area contributed by atoms with Gasteiger partial charge in [-0.05, 0) is 28.7 Å². The second kappa shape index (κ2) is 10.2. The highest BCUT2D eigenvalue weighted by atomic mass is 16.5. The maximum absolute atomic E-state index is 12.4. The van der Waals surface area contributed by atoms with Gasteiger partial charge < -0.3 is 25.2 Å². The molecule has 4 rings (SSSR count). The second-order valence-corrected chi connectivity index (χ2v) is 7.87. The first-order valence-electron chi connectivity index (χ1n) is 10.7. The van der Waals surface area contributed by atoms with Crippen molar-refractivity contribution in [3.63, 3.8) is 0 Å². The number of carbonyl (C=O) groups is 3. The van der Waals surface area contributed by atoms with Crippen LogP contribution in [0.4, 0.5) is 4.79 Å². The van der Waals surface area contributed by atoms with Gasteiger partial charge in [0.05, 0.1) is 6.54 Å². The topological polar surface area (TPSA) is 114 Å². The average molecular weight is 448 g/mol. The van der Waals surface area contributed by atoms with Crippen molar-refractivity contribution in [2.75, 3.05) is 26.3 Å². The second-order valence-electron chi connectivity index (χ2n) is 7.87. The Labute approximate surface area is 191 Å². The lowest BCUT2D eigenvalue weighted by Gasteiger charge is -2.19. The largest absolute Gasteiger partial charge is 0.472 e. The first-order valence-corrected chi connectivity index (χ1v) is 10.7. The molecular weight excluding hydrogens is 424 g/mol. The minimum atomic E-state index is -1.26. The third-order valence-electron chi connectivity index (χ3n) is 5.87. The molecule has 2 aliphatic rings. The summed E-state index contributed by atoms with van der Waals surface area (Å²) < 4.78 is 11.0.